The summed E-state index contributed by atoms with van der Waals surface area (Å²) in [4.78, 5) is 14.8. The number of carbonyl (C=O) groups is 1. The smallest absolute Gasteiger partial charge is 0.466 e. The molecule has 2 N–H and O–H groups in total. The Morgan fingerprint density at radius 2 is 2.05 bits per heavy atom. The molecular weight excluding hydrogens is 315 g/mol. The van der Waals surface area contributed by atoms with Gasteiger partial charge in [-0.2, -0.15) is 0 Å². The van der Waals surface area contributed by atoms with E-state index in [9.17, 15) is 26.7 Å². The highest BCUT2D eigenvalue weighted by Crippen LogP contribution is 2.35. The van der Waals surface area contributed by atoms with Crippen molar-refractivity contribution < 1.29 is 36.2 Å². The van der Waals surface area contributed by atoms with Gasteiger partial charge < -0.3 is 15.2 Å². The number of hydrogen-bond acceptors (Lipinski definition) is 5. The van der Waals surface area contributed by atoms with Gasteiger partial charge in [0.05, 0.1) is 13.0 Å². The lowest BCUT2D eigenvalue weighted by Crippen LogP contribution is -2.22. The van der Waals surface area contributed by atoms with Crippen LogP contribution < -0.4 is 10.5 Å². The molecule has 0 unspecified atom stereocenters. The summed E-state index contributed by atoms with van der Waals surface area (Å²) in [6.45, 7) is 0.980. The van der Waals surface area contributed by atoms with E-state index in [0.717, 1.165) is 6.20 Å². The molecule has 0 amide bonds. The second-order valence-corrected chi connectivity index (χ2v) is 4.01. The van der Waals surface area contributed by atoms with Crippen LogP contribution in [0.3, 0.4) is 0 Å². The molecule has 1 aromatic heterocycles. The van der Waals surface area contributed by atoms with Crippen LogP contribution in [0.1, 0.15) is 30.2 Å². The third-order valence-corrected chi connectivity index (χ3v) is 2.51. The molecular formula is C12H13F5N2O3. The van der Waals surface area contributed by atoms with Gasteiger partial charge in [-0.05, 0) is 6.92 Å². The number of nitrogens with two attached hydrogens (primary N) is 1. The minimum absolute atomic E-state index is 0.0533. The molecule has 0 saturated heterocycles. The zero-order chi connectivity index (χ0) is 16.9. The summed E-state index contributed by atoms with van der Waals surface area (Å²) < 4.78 is 71.6. The molecule has 0 atom stereocenters. The van der Waals surface area contributed by atoms with Crippen molar-refractivity contribution in [1.29, 1.82) is 0 Å². The van der Waals surface area contributed by atoms with Crippen molar-refractivity contribution in [2.45, 2.75) is 32.7 Å². The van der Waals surface area contributed by atoms with Gasteiger partial charge >= 0.3 is 12.3 Å². The highest BCUT2D eigenvalue weighted by Gasteiger charge is 2.35. The van der Waals surface area contributed by atoms with E-state index < -0.39 is 48.7 Å². The van der Waals surface area contributed by atoms with Gasteiger partial charge in [0.25, 0.3) is 6.43 Å². The number of ether oxygens (including phenoxy) is 2. The standard InChI is InChI=1S/C12H13F5N2O3/c1-2-21-8(20)3-7-9(11(13)14)19-5-6(4-18)10(7)22-12(15,16)17/h5,11H,2-4,18H2,1H3. The highest BCUT2D eigenvalue weighted by atomic mass is 19.4. The predicted octanol–water partition coefficient (Wildman–Crippen LogP) is 2.48. The lowest BCUT2D eigenvalue weighted by atomic mass is 10.1. The first-order valence-corrected chi connectivity index (χ1v) is 6.09. The van der Waals surface area contributed by atoms with Crippen LogP contribution in [0.4, 0.5) is 22.0 Å². The molecule has 0 fully saturated rings. The Balaban J connectivity index is 3.39. The molecule has 0 spiro atoms. The van der Waals surface area contributed by atoms with Gasteiger partial charge in [0.1, 0.15) is 11.4 Å². The van der Waals surface area contributed by atoms with E-state index in [1.54, 1.807) is 0 Å². The van der Waals surface area contributed by atoms with Crippen LogP contribution >= 0.6 is 0 Å². The zero-order valence-electron chi connectivity index (χ0n) is 11.4. The zero-order valence-corrected chi connectivity index (χ0v) is 11.4. The van der Waals surface area contributed by atoms with Crippen LogP contribution in [0.2, 0.25) is 0 Å². The second-order valence-electron chi connectivity index (χ2n) is 4.01. The van der Waals surface area contributed by atoms with E-state index in [-0.39, 0.29) is 12.2 Å². The van der Waals surface area contributed by atoms with Gasteiger partial charge in [-0.15, -0.1) is 13.2 Å². The molecule has 5 nitrogen and oxygen atoms in total. The molecule has 0 radical (unpaired) electrons. The van der Waals surface area contributed by atoms with E-state index in [0.29, 0.717) is 0 Å². The number of halogens is 5. The quantitative estimate of drug-likeness (QED) is 0.641. The van der Waals surface area contributed by atoms with E-state index in [4.69, 9.17) is 5.73 Å². The molecule has 22 heavy (non-hydrogen) atoms. The van der Waals surface area contributed by atoms with Crippen molar-refractivity contribution in [3.63, 3.8) is 0 Å². The fourth-order valence-corrected chi connectivity index (χ4v) is 1.70. The monoisotopic (exact) mass is 328 g/mol. The van der Waals surface area contributed by atoms with Crippen LogP contribution in [-0.4, -0.2) is 23.9 Å². The van der Waals surface area contributed by atoms with Gasteiger partial charge in [-0.25, -0.2) is 8.78 Å². The van der Waals surface area contributed by atoms with Crippen LogP contribution in [0.25, 0.3) is 0 Å². The number of pyridine rings is 1. The first-order chi connectivity index (χ1) is 10.2. The lowest BCUT2D eigenvalue weighted by Gasteiger charge is -2.18. The summed E-state index contributed by atoms with van der Waals surface area (Å²) in [5.74, 6) is -1.92. The molecule has 10 heteroatoms. The Kier molecular flexibility index (Phi) is 6.03. The summed E-state index contributed by atoms with van der Waals surface area (Å²) >= 11 is 0. The Morgan fingerprint density at radius 1 is 1.41 bits per heavy atom. The van der Waals surface area contributed by atoms with Crippen LogP contribution in [0, 0.1) is 0 Å². The van der Waals surface area contributed by atoms with Crippen molar-refractivity contribution in [1.82, 2.24) is 4.98 Å². The summed E-state index contributed by atoms with van der Waals surface area (Å²) in [5.41, 5.74) is 3.35. The lowest BCUT2D eigenvalue weighted by molar-refractivity contribution is -0.275. The van der Waals surface area contributed by atoms with Crippen LogP contribution in [0.15, 0.2) is 6.20 Å². The summed E-state index contributed by atoms with van der Waals surface area (Å²) in [7, 11) is 0. The molecule has 124 valence electrons. The second kappa shape index (κ2) is 7.34. The number of esters is 1. The average molecular weight is 328 g/mol. The fraction of sp³-hybridized carbons (Fsp3) is 0.500. The first kappa shape index (κ1) is 18.1. The summed E-state index contributed by atoms with van der Waals surface area (Å²) in [5, 5.41) is 0. The average Bonchev–Trinajstić information content (AvgIpc) is 2.38. The van der Waals surface area contributed by atoms with Crippen LogP contribution in [-0.2, 0) is 22.5 Å². The van der Waals surface area contributed by atoms with Crippen molar-refractivity contribution in [3.8, 4) is 5.75 Å². The SMILES string of the molecule is CCOC(=O)Cc1c(C(F)F)ncc(CN)c1OC(F)(F)F. The Labute approximate surface area is 122 Å². The van der Waals surface area contributed by atoms with E-state index in [1.165, 1.54) is 6.92 Å². The molecule has 1 aromatic rings. The van der Waals surface area contributed by atoms with E-state index in [2.05, 4.69) is 14.5 Å². The number of carbonyl (C=O) groups excluding carboxylic acids is 1. The highest BCUT2D eigenvalue weighted by molar-refractivity contribution is 5.74. The Bertz CT molecular complexity index is 534. The molecule has 1 rings (SSSR count). The molecule has 0 aliphatic rings. The molecule has 0 aliphatic heterocycles. The van der Waals surface area contributed by atoms with Gasteiger partial charge in [-0.1, -0.05) is 0 Å². The number of alkyl halides is 5. The van der Waals surface area contributed by atoms with Crippen molar-refractivity contribution in [2.24, 2.45) is 5.73 Å². The van der Waals surface area contributed by atoms with Crippen molar-refractivity contribution in [2.75, 3.05) is 6.61 Å². The fourth-order valence-electron chi connectivity index (χ4n) is 1.70. The number of rotatable bonds is 6. The first-order valence-electron chi connectivity index (χ1n) is 6.09. The van der Waals surface area contributed by atoms with Crippen molar-refractivity contribution in [3.05, 3.63) is 23.0 Å². The minimum atomic E-state index is -5.13. The molecule has 1 heterocycles. The van der Waals surface area contributed by atoms with Gasteiger partial charge in [0, 0.05) is 23.9 Å². The van der Waals surface area contributed by atoms with Gasteiger partial charge in [-0.3, -0.25) is 9.78 Å². The third-order valence-electron chi connectivity index (χ3n) is 2.51. The van der Waals surface area contributed by atoms with Crippen molar-refractivity contribution >= 4 is 5.97 Å². The largest absolute Gasteiger partial charge is 0.573 e. The maximum Gasteiger partial charge on any atom is 0.573 e. The normalized spacial score (nSPS) is 11.6. The van der Waals surface area contributed by atoms with Gasteiger partial charge in [0.15, 0.2) is 0 Å². The predicted molar refractivity (Wildman–Crippen MR) is 64.1 cm³/mol. The molecule has 0 aliphatic carbocycles. The van der Waals surface area contributed by atoms with E-state index >= 15 is 0 Å². The number of hydrogen-bond donors (Lipinski definition) is 1. The van der Waals surface area contributed by atoms with Gasteiger partial charge in [0.2, 0.25) is 0 Å². The molecule has 0 aromatic carbocycles. The topological polar surface area (TPSA) is 74.4 Å². The van der Waals surface area contributed by atoms with Crippen LogP contribution in [0.5, 0.6) is 5.75 Å². The Morgan fingerprint density at radius 3 is 2.50 bits per heavy atom. The molecule has 0 bridgehead atoms. The van der Waals surface area contributed by atoms with E-state index in [1.807, 2.05) is 0 Å². The summed E-state index contributed by atoms with van der Waals surface area (Å²) in [6, 6.07) is 0. The third kappa shape index (κ3) is 4.79. The minimum Gasteiger partial charge on any atom is -0.466 e. The Hall–Kier alpha value is -1.97. The molecule has 0 saturated carbocycles. The summed E-state index contributed by atoms with van der Waals surface area (Å²) in [6.07, 6.45) is -8.39. The maximum absolute atomic E-state index is 12.9. The number of aromatic nitrogens is 1. The maximum atomic E-state index is 12.9. The number of nitrogens with zero attached hydrogens (tertiary/aromatic N) is 1.